The fourth-order valence-corrected chi connectivity index (χ4v) is 3.16. The van der Waals surface area contributed by atoms with E-state index in [1.165, 1.54) is 0 Å². The summed E-state index contributed by atoms with van der Waals surface area (Å²) in [5, 5.41) is 20.5. The van der Waals surface area contributed by atoms with Crippen molar-refractivity contribution in [3.05, 3.63) is 12.2 Å². The Morgan fingerprint density at radius 1 is 1.33 bits per heavy atom. The van der Waals surface area contributed by atoms with Gasteiger partial charge in [0, 0.05) is 0 Å². The minimum absolute atomic E-state index is 0.0523. The highest BCUT2D eigenvalue weighted by Crippen LogP contribution is 2.47. The third-order valence-electron chi connectivity index (χ3n) is 4.73. The zero-order valence-electron chi connectivity index (χ0n) is 11.7. The SMILES string of the molecule is C=C1CC[C@@H](C(C)C)[C@@H](O)[C@H]2O[C@@]2(C)CC[C@@H]1O. The molecule has 0 amide bonds. The summed E-state index contributed by atoms with van der Waals surface area (Å²) in [6.45, 7) is 10.3. The lowest BCUT2D eigenvalue weighted by molar-refractivity contribution is 0.0492. The van der Waals surface area contributed by atoms with Gasteiger partial charge in [-0.2, -0.15) is 0 Å². The Morgan fingerprint density at radius 3 is 2.61 bits per heavy atom. The standard InChI is InChI=1S/C15H26O3/c1-9(2)11-6-5-10(3)12(16)7-8-15(4)14(18-15)13(11)17/h9,11-14,16-17H,3,5-8H2,1-2,4H3/t11-,12-,13+,14+,15-/m0/s1. The molecule has 0 spiro atoms. The molecule has 0 bridgehead atoms. The molecule has 5 atom stereocenters. The molecule has 104 valence electrons. The van der Waals surface area contributed by atoms with E-state index in [-0.39, 0.29) is 17.6 Å². The van der Waals surface area contributed by atoms with Gasteiger partial charge in [0.25, 0.3) is 0 Å². The fourth-order valence-electron chi connectivity index (χ4n) is 3.16. The summed E-state index contributed by atoms with van der Waals surface area (Å²) in [6, 6.07) is 0. The predicted molar refractivity (Wildman–Crippen MR) is 71.2 cm³/mol. The number of rotatable bonds is 1. The number of aliphatic hydroxyl groups excluding tert-OH is 2. The molecule has 3 nitrogen and oxygen atoms in total. The maximum atomic E-state index is 10.5. The van der Waals surface area contributed by atoms with Crippen LogP contribution in [0.1, 0.15) is 46.5 Å². The second-order valence-electron chi connectivity index (χ2n) is 6.50. The lowest BCUT2D eigenvalue weighted by atomic mass is 9.79. The lowest BCUT2D eigenvalue weighted by Gasteiger charge is -2.28. The van der Waals surface area contributed by atoms with E-state index in [2.05, 4.69) is 20.4 Å². The van der Waals surface area contributed by atoms with Crippen molar-refractivity contribution in [1.29, 1.82) is 0 Å². The van der Waals surface area contributed by atoms with Crippen LogP contribution in [0, 0.1) is 11.8 Å². The van der Waals surface area contributed by atoms with Gasteiger partial charge in [-0.15, -0.1) is 0 Å². The molecule has 0 aromatic heterocycles. The van der Waals surface area contributed by atoms with E-state index >= 15 is 0 Å². The van der Waals surface area contributed by atoms with Gasteiger partial charge in [0.2, 0.25) is 0 Å². The summed E-state index contributed by atoms with van der Waals surface area (Å²) in [7, 11) is 0. The van der Waals surface area contributed by atoms with Crippen molar-refractivity contribution >= 4 is 0 Å². The van der Waals surface area contributed by atoms with Crippen LogP contribution >= 0.6 is 0 Å². The van der Waals surface area contributed by atoms with Crippen molar-refractivity contribution in [3.8, 4) is 0 Å². The summed E-state index contributed by atoms with van der Waals surface area (Å²) in [6.07, 6.45) is 2.29. The average molecular weight is 254 g/mol. The van der Waals surface area contributed by atoms with E-state index in [1.807, 2.05) is 6.92 Å². The van der Waals surface area contributed by atoms with Crippen LogP contribution in [0.2, 0.25) is 0 Å². The largest absolute Gasteiger partial charge is 0.390 e. The Hall–Kier alpha value is -0.380. The van der Waals surface area contributed by atoms with Crippen LogP contribution < -0.4 is 0 Å². The molecule has 2 aliphatic rings. The van der Waals surface area contributed by atoms with Crippen molar-refractivity contribution in [2.45, 2.75) is 70.4 Å². The maximum absolute atomic E-state index is 10.5. The molecular formula is C15H26O3. The second-order valence-corrected chi connectivity index (χ2v) is 6.50. The molecule has 1 saturated carbocycles. The molecule has 1 aliphatic carbocycles. The van der Waals surface area contributed by atoms with Gasteiger partial charge in [0.1, 0.15) is 6.10 Å². The monoisotopic (exact) mass is 254 g/mol. The summed E-state index contributed by atoms with van der Waals surface area (Å²) in [5.41, 5.74) is 0.654. The fraction of sp³-hybridized carbons (Fsp3) is 0.867. The third kappa shape index (κ3) is 2.63. The molecule has 0 radical (unpaired) electrons. The number of fused-ring (bicyclic) bond motifs is 1. The zero-order valence-corrected chi connectivity index (χ0v) is 11.7. The first-order chi connectivity index (χ1) is 8.35. The van der Waals surface area contributed by atoms with Crippen molar-refractivity contribution in [2.75, 3.05) is 0 Å². The number of hydrogen-bond acceptors (Lipinski definition) is 3. The third-order valence-corrected chi connectivity index (χ3v) is 4.73. The molecule has 1 heterocycles. The quantitative estimate of drug-likeness (QED) is 0.557. The predicted octanol–water partition coefficient (Wildman–Crippen LogP) is 2.27. The number of ether oxygens (including phenoxy) is 1. The Kier molecular flexibility index (Phi) is 3.86. The molecule has 0 unspecified atom stereocenters. The Balaban J connectivity index is 2.13. The highest BCUT2D eigenvalue weighted by molar-refractivity contribution is 5.10. The van der Waals surface area contributed by atoms with Gasteiger partial charge >= 0.3 is 0 Å². The van der Waals surface area contributed by atoms with Gasteiger partial charge in [-0.1, -0.05) is 20.4 Å². The topological polar surface area (TPSA) is 53.0 Å². The van der Waals surface area contributed by atoms with Crippen molar-refractivity contribution in [3.63, 3.8) is 0 Å². The number of aliphatic hydroxyl groups is 2. The number of epoxide rings is 1. The van der Waals surface area contributed by atoms with Crippen LogP contribution in [0.3, 0.4) is 0 Å². The maximum Gasteiger partial charge on any atom is 0.113 e. The highest BCUT2D eigenvalue weighted by atomic mass is 16.6. The van der Waals surface area contributed by atoms with Crippen LogP contribution in [0.4, 0.5) is 0 Å². The molecule has 0 aromatic carbocycles. The van der Waals surface area contributed by atoms with Crippen molar-refractivity contribution in [1.82, 2.24) is 0 Å². The van der Waals surface area contributed by atoms with Crippen molar-refractivity contribution < 1.29 is 14.9 Å². The normalized spacial score (nSPS) is 45.8. The first kappa shape index (κ1) is 14.0. The van der Waals surface area contributed by atoms with E-state index in [1.54, 1.807) is 0 Å². The lowest BCUT2D eigenvalue weighted by Crippen LogP contribution is -2.34. The van der Waals surface area contributed by atoms with Gasteiger partial charge in [-0.25, -0.2) is 0 Å². The first-order valence-corrected chi connectivity index (χ1v) is 7.07. The van der Waals surface area contributed by atoms with Gasteiger partial charge in [-0.3, -0.25) is 0 Å². The summed E-state index contributed by atoms with van der Waals surface area (Å²) in [4.78, 5) is 0. The molecule has 2 fully saturated rings. The van der Waals surface area contributed by atoms with E-state index in [9.17, 15) is 10.2 Å². The van der Waals surface area contributed by atoms with Gasteiger partial charge < -0.3 is 14.9 Å². The van der Waals surface area contributed by atoms with Gasteiger partial charge in [-0.05, 0) is 50.0 Å². The molecule has 3 heteroatoms. The second kappa shape index (κ2) is 4.95. The first-order valence-electron chi connectivity index (χ1n) is 7.07. The molecule has 1 aliphatic heterocycles. The Bertz CT molecular complexity index is 326. The van der Waals surface area contributed by atoms with Gasteiger partial charge in [0.05, 0.1) is 17.8 Å². The van der Waals surface area contributed by atoms with Crippen LogP contribution in [-0.4, -0.2) is 34.1 Å². The van der Waals surface area contributed by atoms with E-state index in [0.717, 1.165) is 24.8 Å². The van der Waals surface area contributed by atoms with Crippen LogP contribution in [0.5, 0.6) is 0 Å². The van der Waals surface area contributed by atoms with Crippen LogP contribution in [-0.2, 0) is 4.74 Å². The van der Waals surface area contributed by atoms with E-state index < -0.39 is 12.2 Å². The molecule has 2 rings (SSSR count). The van der Waals surface area contributed by atoms with Crippen LogP contribution in [0.25, 0.3) is 0 Å². The Morgan fingerprint density at radius 2 is 2.00 bits per heavy atom. The highest BCUT2D eigenvalue weighted by Gasteiger charge is 2.57. The average Bonchev–Trinajstić information content (AvgIpc) is 2.97. The minimum atomic E-state index is -0.422. The van der Waals surface area contributed by atoms with E-state index in [0.29, 0.717) is 12.3 Å². The molecule has 2 N–H and O–H groups in total. The molecular weight excluding hydrogens is 228 g/mol. The number of hydrogen-bond donors (Lipinski definition) is 2. The molecule has 1 saturated heterocycles. The van der Waals surface area contributed by atoms with Crippen molar-refractivity contribution in [2.24, 2.45) is 11.8 Å². The Labute approximate surface area is 110 Å². The van der Waals surface area contributed by atoms with Gasteiger partial charge in [0.15, 0.2) is 0 Å². The summed E-state index contributed by atoms with van der Waals surface area (Å²) in [5.74, 6) is 0.636. The van der Waals surface area contributed by atoms with Crippen LogP contribution in [0.15, 0.2) is 12.2 Å². The summed E-state index contributed by atoms with van der Waals surface area (Å²) >= 11 is 0. The molecule has 18 heavy (non-hydrogen) atoms. The van der Waals surface area contributed by atoms with E-state index in [4.69, 9.17) is 4.74 Å². The minimum Gasteiger partial charge on any atom is -0.390 e. The zero-order chi connectivity index (χ0) is 13.5. The summed E-state index contributed by atoms with van der Waals surface area (Å²) < 4.78 is 5.72. The smallest absolute Gasteiger partial charge is 0.113 e. The molecule has 0 aromatic rings.